The van der Waals surface area contributed by atoms with Crippen LogP contribution >= 0.6 is 0 Å². The lowest BCUT2D eigenvalue weighted by atomic mass is 9.92. The van der Waals surface area contributed by atoms with Gasteiger partial charge in [-0.15, -0.1) is 0 Å². The maximum Gasteiger partial charge on any atom is 0.0707 e. The molecule has 1 heterocycles. The first-order chi connectivity index (χ1) is 7.11. The van der Waals surface area contributed by atoms with E-state index in [4.69, 9.17) is 0 Å². The molecule has 0 amide bonds. The van der Waals surface area contributed by atoms with Crippen molar-refractivity contribution < 1.29 is 0 Å². The maximum atomic E-state index is 4.38. The van der Waals surface area contributed by atoms with Gasteiger partial charge in [-0.3, -0.25) is 5.32 Å². The quantitative estimate of drug-likeness (QED) is 0.656. The third kappa shape index (κ3) is 1.58. The number of aryl methyl sites for hydroxylation is 2. The smallest absolute Gasteiger partial charge is 0.0707 e. The van der Waals surface area contributed by atoms with Crippen molar-refractivity contribution >= 4 is 5.70 Å². The minimum atomic E-state index is 1.09. The van der Waals surface area contributed by atoms with Gasteiger partial charge in [-0.2, -0.15) is 0 Å². The highest BCUT2D eigenvalue weighted by Gasteiger charge is 2.13. The van der Waals surface area contributed by atoms with Gasteiger partial charge in [0.15, 0.2) is 0 Å². The SMILES string of the molecule is Cc1cc(C)c(C2=CC=C[N]2)c(C)c1C. The topological polar surface area (TPSA) is 14.1 Å². The van der Waals surface area contributed by atoms with E-state index in [1.165, 1.54) is 27.8 Å². The zero-order chi connectivity index (χ0) is 11.0. The van der Waals surface area contributed by atoms with E-state index in [1.807, 2.05) is 12.3 Å². The third-order valence-electron chi connectivity index (χ3n) is 3.17. The van der Waals surface area contributed by atoms with Gasteiger partial charge in [0.05, 0.1) is 5.70 Å². The molecule has 0 unspecified atom stereocenters. The van der Waals surface area contributed by atoms with E-state index >= 15 is 0 Å². The average molecular weight is 198 g/mol. The van der Waals surface area contributed by atoms with Crippen LogP contribution in [0.5, 0.6) is 0 Å². The summed E-state index contributed by atoms with van der Waals surface area (Å²) in [6, 6.07) is 2.24. The van der Waals surface area contributed by atoms with Crippen LogP contribution in [0.15, 0.2) is 24.4 Å². The van der Waals surface area contributed by atoms with Gasteiger partial charge in [0, 0.05) is 11.8 Å². The molecule has 0 aromatic heterocycles. The molecule has 1 aliphatic heterocycles. The number of benzene rings is 1. The number of allylic oxidation sites excluding steroid dienone is 2. The van der Waals surface area contributed by atoms with Crippen molar-refractivity contribution in [1.29, 1.82) is 0 Å². The fourth-order valence-electron chi connectivity index (χ4n) is 2.13. The average Bonchev–Trinajstić information content (AvgIpc) is 2.68. The molecular weight excluding hydrogens is 182 g/mol. The van der Waals surface area contributed by atoms with Crippen LogP contribution in [0.25, 0.3) is 5.70 Å². The highest BCUT2D eigenvalue weighted by atomic mass is 14.9. The molecule has 1 aromatic rings. The van der Waals surface area contributed by atoms with Crippen LogP contribution in [0.3, 0.4) is 0 Å². The molecule has 0 spiro atoms. The zero-order valence-electron chi connectivity index (χ0n) is 9.76. The van der Waals surface area contributed by atoms with E-state index in [0.717, 1.165) is 5.70 Å². The lowest BCUT2D eigenvalue weighted by molar-refractivity contribution is 1.16. The zero-order valence-corrected chi connectivity index (χ0v) is 9.76. The highest BCUT2D eigenvalue weighted by molar-refractivity contribution is 5.74. The van der Waals surface area contributed by atoms with Gasteiger partial charge in [-0.1, -0.05) is 6.07 Å². The Balaban J connectivity index is 2.61. The van der Waals surface area contributed by atoms with Crippen molar-refractivity contribution in [1.82, 2.24) is 5.32 Å². The maximum absolute atomic E-state index is 4.38. The summed E-state index contributed by atoms with van der Waals surface area (Å²) in [6.07, 6.45) is 5.91. The summed E-state index contributed by atoms with van der Waals surface area (Å²) in [6.45, 7) is 8.68. The molecule has 1 nitrogen and oxygen atoms in total. The summed E-state index contributed by atoms with van der Waals surface area (Å²) >= 11 is 0. The summed E-state index contributed by atoms with van der Waals surface area (Å²) in [4.78, 5) is 0. The lowest BCUT2D eigenvalue weighted by Gasteiger charge is -2.15. The van der Waals surface area contributed by atoms with Crippen LogP contribution < -0.4 is 5.32 Å². The summed E-state index contributed by atoms with van der Waals surface area (Å²) in [5, 5.41) is 4.38. The van der Waals surface area contributed by atoms with Gasteiger partial charge in [0.2, 0.25) is 0 Å². The molecule has 1 radical (unpaired) electrons. The van der Waals surface area contributed by atoms with Gasteiger partial charge in [0.25, 0.3) is 0 Å². The van der Waals surface area contributed by atoms with Gasteiger partial charge < -0.3 is 0 Å². The molecule has 77 valence electrons. The number of nitrogens with zero attached hydrogens (tertiary/aromatic N) is 1. The van der Waals surface area contributed by atoms with Crippen LogP contribution in [0.1, 0.15) is 27.8 Å². The predicted octanol–water partition coefficient (Wildman–Crippen LogP) is 3.39. The fourth-order valence-corrected chi connectivity index (χ4v) is 2.13. The Labute approximate surface area is 91.5 Å². The Morgan fingerprint density at radius 2 is 1.67 bits per heavy atom. The second kappa shape index (κ2) is 3.58. The van der Waals surface area contributed by atoms with Crippen molar-refractivity contribution in [2.75, 3.05) is 0 Å². The van der Waals surface area contributed by atoms with E-state index in [-0.39, 0.29) is 0 Å². The molecule has 0 N–H and O–H groups in total. The van der Waals surface area contributed by atoms with Crippen LogP contribution in [-0.4, -0.2) is 0 Å². The molecule has 1 aromatic carbocycles. The van der Waals surface area contributed by atoms with Gasteiger partial charge >= 0.3 is 0 Å². The van der Waals surface area contributed by atoms with Crippen molar-refractivity contribution in [3.63, 3.8) is 0 Å². The molecule has 0 atom stereocenters. The highest BCUT2D eigenvalue weighted by Crippen LogP contribution is 2.28. The minimum absolute atomic E-state index is 1.09. The fraction of sp³-hybridized carbons (Fsp3) is 0.286. The molecule has 1 heteroatoms. The second-order valence-electron chi connectivity index (χ2n) is 4.16. The van der Waals surface area contributed by atoms with Crippen molar-refractivity contribution in [2.45, 2.75) is 27.7 Å². The van der Waals surface area contributed by atoms with E-state index in [9.17, 15) is 0 Å². The van der Waals surface area contributed by atoms with Crippen LogP contribution in [0.2, 0.25) is 0 Å². The van der Waals surface area contributed by atoms with Gasteiger partial charge in [-0.25, -0.2) is 0 Å². The van der Waals surface area contributed by atoms with E-state index in [0.29, 0.717) is 0 Å². The first-order valence-electron chi connectivity index (χ1n) is 5.26. The lowest BCUT2D eigenvalue weighted by Crippen LogP contribution is -2.01. The molecule has 1 aliphatic rings. The normalized spacial score (nSPS) is 14.0. The molecular formula is C14H16N. The molecule has 0 fully saturated rings. The summed E-state index contributed by atoms with van der Waals surface area (Å²) in [7, 11) is 0. The third-order valence-corrected chi connectivity index (χ3v) is 3.17. The standard InChI is InChI=1S/C14H16N/c1-9-8-10(2)14(12(4)11(9)3)13-6-5-7-15-13/h5-8H,1-4H3. The van der Waals surface area contributed by atoms with E-state index in [1.54, 1.807) is 0 Å². The van der Waals surface area contributed by atoms with Crippen LogP contribution in [0, 0.1) is 27.7 Å². The minimum Gasteiger partial charge on any atom is -0.256 e. The van der Waals surface area contributed by atoms with Gasteiger partial charge in [0.1, 0.15) is 0 Å². The Hall–Kier alpha value is -1.50. The summed E-state index contributed by atoms with van der Waals surface area (Å²) < 4.78 is 0. The first kappa shape index (κ1) is 10.0. The van der Waals surface area contributed by atoms with Crippen LogP contribution in [0.4, 0.5) is 0 Å². The molecule has 0 saturated heterocycles. The molecule has 2 rings (SSSR count). The van der Waals surface area contributed by atoms with Crippen molar-refractivity contribution in [2.24, 2.45) is 0 Å². The van der Waals surface area contributed by atoms with Crippen LogP contribution in [-0.2, 0) is 0 Å². The van der Waals surface area contributed by atoms with Gasteiger partial charge in [-0.05, 0) is 62.1 Å². The first-order valence-corrected chi connectivity index (χ1v) is 5.26. The summed E-state index contributed by atoms with van der Waals surface area (Å²) in [5.41, 5.74) is 7.79. The molecule has 0 saturated carbocycles. The van der Waals surface area contributed by atoms with E-state index < -0.39 is 0 Å². The Kier molecular flexibility index (Phi) is 2.39. The molecule has 0 aliphatic carbocycles. The van der Waals surface area contributed by atoms with Crippen molar-refractivity contribution in [3.05, 3.63) is 52.2 Å². The molecule has 0 bridgehead atoms. The van der Waals surface area contributed by atoms with Crippen molar-refractivity contribution in [3.8, 4) is 0 Å². The number of rotatable bonds is 1. The number of hydrogen-bond acceptors (Lipinski definition) is 0. The Bertz CT molecular complexity index is 465. The Morgan fingerprint density at radius 3 is 2.27 bits per heavy atom. The predicted molar refractivity (Wildman–Crippen MR) is 64.6 cm³/mol. The monoisotopic (exact) mass is 198 g/mol. The number of hydrogen-bond donors (Lipinski definition) is 0. The molecule has 15 heavy (non-hydrogen) atoms. The second-order valence-corrected chi connectivity index (χ2v) is 4.16. The largest absolute Gasteiger partial charge is 0.256 e. The van der Waals surface area contributed by atoms with E-state index in [2.05, 4.69) is 45.2 Å². The summed E-state index contributed by atoms with van der Waals surface area (Å²) in [5.74, 6) is 0. The Morgan fingerprint density at radius 1 is 0.933 bits per heavy atom.